The molecule has 6 nitrogen and oxygen atoms in total. The van der Waals surface area contributed by atoms with E-state index in [1.807, 2.05) is 0 Å². The van der Waals surface area contributed by atoms with Gasteiger partial charge in [-0.15, -0.1) is 0 Å². The number of hydrogen-bond acceptors (Lipinski definition) is 5. The second-order valence-corrected chi connectivity index (χ2v) is 5.79. The van der Waals surface area contributed by atoms with Crippen LogP contribution in [0.15, 0.2) is 69.9 Å². The minimum Gasteiger partial charge on any atom is -0.493 e. The van der Waals surface area contributed by atoms with E-state index < -0.39 is 4.92 Å². The van der Waals surface area contributed by atoms with Crippen molar-refractivity contribution in [2.45, 2.75) is 0 Å². The molecule has 0 bridgehead atoms. The largest absolute Gasteiger partial charge is 0.493 e. The van der Waals surface area contributed by atoms with Crippen LogP contribution < -0.4 is 10.2 Å². The Kier molecular flexibility index (Phi) is 3.65. The molecule has 0 radical (unpaired) electrons. The van der Waals surface area contributed by atoms with Gasteiger partial charge in [0.1, 0.15) is 5.58 Å². The van der Waals surface area contributed by atoms with E-state index in [4.69, 9.17) is 9.15 Å². The standard InChI is InChI=1S/C20H13NO5/c1-25-18-11-13(12-6-8-14(9-7-12)21(23)24)10-16-19(22)15-4-2-3-5-17(15)26-20(16)18/h2-11H,1H3. The fourth-order valence-corrected chi connectivity index (χ4v) is 2.97. The first-order chi connectivity index (χ1) is 12.6. The van der Waals surface area contributed by atoms with Crippen LogP contribution in [0.25, 0.3) is 33.1 Å². The van der Waals surface area contributed by atoms with Crippen molar-refractivity contribution in [3.05, 3.63) is 81.0 Å². The highest BCUT2D eigenvalue weighted by Gasteiger charge is 2.15. The van der Waals surface area contributed by atoms with Crippen LogP contribution in [-0.2, 0) is 0 Å². The second-order valence-electron chi connectivity index (χ2n) is 5.79. The van der Waals surface area contributed by atoms with Crippen molar-refractivity contribution in [2.24, 2.45) is 0 Å². The number of nitro benzene ring substituents is 1. The number of benzene rings is 3. The van der Waals surface area contributed by atoms with Gasteiger partial charge in [-0.1, -0.05) is 12.1 Å². The van der Waals surface area contributed by atoms with Crippen LogP contribution in [0, 0.1) is 10.1 Å². The van der Waals surface area contributed by atoms with Crippen molar-refractivity contribution >= 4 is 27.6 Å². The van der Waals surface area contributed by atoms with Gasteiger partial charge in [-0.3, -0.25) is 14.9 Å². The number of nitro groups is 1. The smallest absolute Gasteiger partial charge is 0.269 e. The minimum atomic E-state index is -0.453. The van der Waals surface area contributed by atoms with Gasteiger partial charge >= 0.3 is 0 Å². The predicted octanol–water partition coefficient (Wildman–Crippen LogP) is 4.53. The lowest BCUT2D eigenvalue weighted by Gasteiger charge is -2.09. The van der Waals surface area contributed by atoms with Crippen molar-refractivity contribution in [1.29, 1.82) is 0 Å². The normalized spacial score (nSPS) is 11.0. The van der Waals surface area contributed by atoms with Crippen LogP contribution in [-0.4, -0.2) is 12.0 Å². The summed E-state index contributed by atoms with van der Waals surface area (Å²) in [6.07, 6.45) is 0. The van der Waals surface area contributed by atoms with Crippen molar-refractivity contribution in [1.82, 2.24) is 0 Å². The van der Waals surface area contributed by atoms with Crippen molar-refractivity contribution in [3.63, 3.8) is 0 Å². The summed E-state index contributed by atoms with van der Waals surface area (Å²) in [5.74, 6) is 0.429. The summed E-state index contributed by atoms with van der Waals surface area (Å²) in [7, 11) is 1.50. The fraction of sp³-hybridized carbons (Fsp3) is 0.0500. The zero-order valence-corrected chi connectivity index (χ0v) is 13.8. The maximum Gasteiger partial charge on any atom is 0.269 e. The fourth-order valence-electron chi connectivity index (χ4n) is 2.97. The van der Waals surface area contributed by atoms with Crippen LogP contribution in [0.4, 0.5) is 5.69 Å². The number of non-ortho nitro benzene ring substituents is 1. The molecule has 0 saturated heterocycles. The molecule has 3 aromatic carbocycles. The Morgan fingerprint density at radius 2 is 1.69 bits per heavy atom. The Hall–Kier alpha value is -3.67. The van der Waals surface area contributed by atoms with Crippen LogP contribution in [0.3, 0.4) is 0 Å². The van der Waals surface area contributed by atoms with Gasteiger partial charge < -0.3 is 9.15 Å². The Balaban J connectivity index is 2.00. The van der Waals surface area contributed by atoms with E-state index in [9.17, 15) is 14.9 Å². The summed E-state index contributed by atoms with van der Waals surface area (Å²) in [6, 6.07) is 16.6. The third-order valence-corrected chi connectivity index (χ3v) is 4.27. The summed E-state index contributed by atoms with van der Waals surface area (Å²) in [5, 5.41) is 11.7. The number of nitrogens with zero attached hydrogens (tertiary/aromatic N) is 1. The maximum atomic E-state index is 12.9. The maximum absolute atomic E-state index is 12.9. The molecule has 1 aromatic heterocycles. The molecule has 0 atom stereocenters. The summed E-state index contributed by atoms with van der Waals surface area (Å²) >= 11 is 0. The number of rotatable bonds is 3. The van der Waals surface area contributed by atoms with E-state index in [2.05, 4.69) is 0 Å². The van der Waals surface area contributed by atoms with Gasteiger partial charge in [-0.05, 0) is 47.5 Å². The molecule has 0 aliphatic heterocycles. The molecule has 0 aliphatic rings. The van der Waals surface area contributed by atoms with Crippen molar-refractivity contribution in [3.8, 4) is 16.9 Å². The molecular formula is C20H13NO5. The van der Waals surface area contributed by atoms with Gasteiger partial charge in [0.05, 0.1) is 22.8 Å². The molecule has 128 valence electrons. The third kappa shape index (κ3) is 2.48. The van der Waals surface area contributed by atoms with Gasteiger partial charge in [0.15, 0.2) is 11.3 Å². The molecule has 0 N–H and O–H groups in total. The highest BCUT2D eigenvalue weighted by molar-refractivity contribution is 5.95. The van der Waals surface area contributed by atoms with Gasteiger partial charge in [0.2, 0.25) is 5.43 Å². The SMILES string of the molecule is COc1cc(-c2ccc([N+](=O)[O-])cc2)cc2c(=O)c3ccccc3oc12. The minimum absolute atomic E-state index is 0.00649. The number of hydrogen-bond donors (Lipinski definition) is 0. The first kappa shape index (κ1) is 15.8. The zero-order valence-electron chi connectivity index (χ0n) is 13.8. The molecule has 0 aliphatic carbocycles. The first-order valence-corrected chi connectivity index (χ1v) is 7.87. The Labute approximate surface area is 147 Å². The molecule has 0 saturated carbocycles. The average molecular weight is 347 g/mol. The molecule has 0 fully saturated rings. The van der Waals surface area contributed by atoms with Crippen molar-refractivity contribution in [2.75, 3.05) is 7.11 Å². The van der Waals surface area contributed by atoms with Gasteiger partial charge in [-0.25, -0.2) is 0 Å². The summed E-state index contributed by atoms with van der Waals surface area (Å²) in [6.45, 7) is 0. The lowest BCUT2D eigenvalue weighted by atomic mass is 10.0. The average Bonchev–Trinajstić information content (AvgIpc) is 2.67. The van der Waals surface area contributed by atoms with Gasteiger partial charge in [-0.2, -0.15) is 0 Å². The van der Waals surface area contributed by atoms with Crippen LogP contribution in [0.2, 0.25) is 0 Å². The summed E-state index contributed by atoms with van der Waals surface area (Å²) < 4.78 is 11.3. The van der Waals surface area contributed by atoms with Crippen molar-refractivity contribution < 1.29 is 14.1 Å². The predicted molar refractivity (Wildman–Crippen MR) is 98.6 cm³/mol. The Morgan fingerprint density at radius 3 is 2.38 bits per heavy atom. The van der Waals surface area contributed by atoms with E-state index in [-0.39, 0.29) is 11.1 Å². The number of fused-ring (bicyclic) bond motifs is 2. The van der Waals surface area contributed by atoms with E-state index in [1.165, 1.54) is 19.2 Å². The highest BCUT2D eigenvalue weighted by Crippen LogP contribution is 2.33. The molecule has 0 unspecified atom stereocenters. The Bertz CT molecular complexity index is 1210. The summed E-state index contributed by atoms with van der Waals surface area (Å²) in [4.78, 5) is 23.3. The van der Waals surface area contributed by atoms with E-state index in [0.29, 0.717) is 33.3 Å². The molecular weight excluding hydrogens is 334 g/mol. The summed E-state index contributed by atoms with van der Waals surface area (Å²) in [5.41, 5.74) is 2.18. The topological polar surface area (TPSA) is 82.6 Å². The van der Waals surface area contributed by atoms with E-state index >= 15 is 0 Å². The first-order valence-electron chi connectivity index (χ1n) is 7.87. The van der Waals surface area contributed by atoms with Crippen LogP contribution in [0.1, 0.15) is 0 Å². The molecule has 4 rings (SSSR count). The lowest BCUT2D eigenvalue weighted by Crippen LogP contribution is -2.03. The molecule has 0 spiro atoms. The van der Waals surface area contributed by atoms with Gasteiger partial charge in [0, 0.05) is 12.1 Å². The van der Waals surface area contributed by atoms with E-state index in [1.54, 1.807) is 48.5 Å². The monoisotopic (exact) mass is 347 g/mol. The number of methoxy groups -OCH3 is 1. The molecule has 26 heavy (non-hydrogen) atoms. The second kappa shape index (κ2) is 6.00. The van der Waals surface area contributed by atoms with Crippen LogP contribution in [0.5, 0.6) is 5.75 Å². The number of para-hydroxylation sites is 1. The Morgan fingerprint density at radius 1 is 0.962 bits per heavy atom. The van der Waals surface area contributed by atoms with Gasteiger partial charge in [0.25, 0.3) is 5.69 Å². The molecule has 1 heterocycles. The quantitative estimate of drug-likeness (QED) is 0.309. The number of ether oxygens (including phenoxy) is 1. The third-order valence-electron chi connectivity index (χ3n) is 4.27. The highest BCUT2D eigenvalue weighted by atomic mass is 16.6. The molecule has 6 heteroatoms. The lowest BCUT2D eigenvalue weighted by molar-refractivity contribution is -0.384. The van der Waals surface area contributed by atoms with E-state index in [0.717, 1.165) is 5.56 Å². The van der Waals surface area contributed by atoms with Crippen LogP contribution >= 0.6 is 0 Å². The molecule has 4 aromatic rings. The molecule has 0 amide bonds. The zero-order chi connectivity index (χ0) is 18.3.